The first-order chi connectivity index (χ1) is 13.8. The monoisotopic (exact) mass is 414 g/mol. The van der Waals surface area contributed by atoms with Gasteiger partial charge in [-0.25, -0.2) is 9.69 Å². The SMILES string of the molecule is CC(C)(C)c1nnc(SCC(=O)N2N=C(c3ccco3)CC2c2ccco2)n1N. The van der Waals surface area contributed by atoms with Crippen molar-refractivity contribution in [3.63, 3.8) is 0 Å². The van der Waals surface area contributed by atoms with Crippen LogP contribution in [0.5, 0.6) is 0 Å². The van der Waals surface area contributed by atoms with Crippen LogP contribution in [0.2, 0.25) is 0 Å². The van der Waals surface area contributed by atoms with E-state index in [0.29, 0.717) is 34.6 Å². The molecule has 3 aromatic heterocycles. The number of hydrazone groups is 1. The fourth-order valence-electron chi connectivity index (χ4n) is 3.11. The molecule has 1 unspecified atom stereocenters. The number of amides is 1. The fourth-order valence-corrected chi connectivity index (χ4v) is 3.82. The summed E-state index contributed by atoms with van der Waals surface area (Å²) in [5, 5.41) is 14.7. The molecule has 0 spiro atoms. The minimum Gasteiger partial charge on any atom is -0.467 e. The Morgan fingerprint density at radius 1 is 1.24 bits per heavy atom. The molecule has 0 aliphatic carbocycles. The van der Waals surface area contributed by atoms with Crippen molar-refractivity contribution in [2.45, 2.75) is 43.8 Å². The lowest BCUT2D eigenvalue weighted by atomic mass is 9.96. The Morgan fingerprint density at radius 3 is 2.62 bits per heavy atom. The van der Waals surface area contributed by atoms with Crippen molar-refractivity contribution in [2.24, 2.45) is 5.10 Å². The highest BCUT2D eigenvalue weighted by molar-refractivity contribution is 7.99. The minimum absolute atomic E-state index is 0.117. The molecule has 29 heavy (non-hydrogen) atoms. The summed E-state index contributed by atoms with van der Waals surface area (Å²) in [6.07, 6.45) is 3.68. The molecule has 0 saturated heterocycles. The topological polar surface area (TPSA) is 116 Å². The van der Waals surface area contributed by atoms with Gasteiger partial charge in [0.15, 0.2) is 5.82 Å². The number of nitrogen functional groups attached to an aromatic ring is 1. The summed E-state index contributed by atoms with van der Waals surface area (Å²) in [6, 6.07) is 6.93. The largest absolute Gasteiger partial charge is 0.467 e. The summed E-state index contributed by atoms with van der Waals surface area (Å²) in [5.41, 5.74) is 0.457. The molecular formula is C19H22N6O3S. The van der Waals surface area contributed by atoms with Gasteiger partial charge in [-0.1, -0.05) is 32.5 Å². The molecule has 2 N–H and O–H groups in total. The number of nitrogens with zero attached hydrogens (tertiary/aromatic N) is 5. The summed E-state index contributed by atoms with van der Waals surface area (Å²) < 4.78 is 12.4. The van der Waals surface area contributed by atoms with Crippen LogP contribution in [0.15, 0.2) is 55.9 Å². The molecule has 0 saturated carbocycles. The van der Waals surface area contributed by atoms with Crippen molar-refractivity contribution in [1.82, 2.24) is 19.9 Å². The predicted octanol–water partition coefficient (Wildman–Crippen LogP) is 2.95. The lowest BCUT2D eigenvalue weighted by Gasteiger charge is -2.19. The zero-order valence-corrected chi connectivity index (χ0v) is 17.2. The van der Waals surface area contributed by atoms with E-state index < -0.39 is 0 Å². The van der Waals surface area contributed by atoms with Gasteiger partial charge >= 0.3 is 0 Å². The molecule has 0 fully saturated rings. The van der Waals surface area contributed by atoms with Crippen LogP contribution < -0.4 is 5.84 Å². The maximum absolute atomic E-state index is 13.0. The molecule has 0 radical (unpaired) electrons. The zero-order valence-electron chi connectivity index (χ0n) is 16.4. The van der Waals surface area contributed by atoms with E-state index in [0.717, 1.165) is 0 Å². The number of carbonyl (C=O) groups excluding carboxylic acids is 1. The van der Waals surface area contributed by atoms with Gasteiger partial charge in [-0.15, -0.1) is 10.2 Å². The van der Waals surface area contributed by atoms with Crippen LogP contribution in [0.25, 0.3) is 0 Å². The highest BCUT2D eigenvalue weighted by Crippen LogP contribution is 2.34. The Hall–Kier alpha value is -3.01. The van der Waals surface area contributed by atoms with Gasteiger partial charge in [0.05, 0.1) is 18.3 Å². The average Bonchev–Trinajstić information content (AvgIpc) is 3.44. The maximum atomic E-state index is 13.0. The van der Waals surface area contributed by atoms with Crippen LogP contribution in [-0.2, 0) is 10.2 Å². The molecule has 10 heteroatoms. The number of nitrogens with two attached hydrogens (primary N) is 1. The number of aromatic nitrogens is 3. The Kier molecular flexibility index (Phi) is 4.95. The molecule has 1 atom stereocenters. The number of hydrogen-bond donors (Lipinski definition) is 1. The summed E-state index contributed by atoms with van der Waals surface area (Å²) in [6.45, 7) is 6.01. The first-order valence-electron chi connectivity index (χ1n) is 9.15. The summed E-state index contributed by atoms with van der Waals surface area (Å²) in [4.78, 5) is 13.0. The fraction of sp³-hybridized carbons (Fsp3) is 0.368. The summed E-state index contributed by atoms with van der Waals surface area (Å²) in [7, 11) is 0. The van der Waals surface area contributed by atoms with Crippen molar-refractivity contribution in [2.75, 3.05) is 11.6 Å². The van der Waals surface area contributed by atoms with Gasteiger partial charge in [-0.05, 0) is 24.3 Å². The number of rotatable bonds is 5. The Bertz CT molecular complexity index is 1020. The van der Waals surface area contributed by atoms with E-state index in [-0.39, 0.29) is 23.1 Å². The Labute approximate surface area is 171 Å². The maximum Gasteiger partial charge on any atom is 0.253 e. The van der Waals surface area contributed by atoms with Gasteiger partial charge in [0, 0.05) is 11.8 Å². The van der Waals surface area contributed by atoms with Crippen molar-refractivity contribution in [1.29, 1.82) is 0 Å². The van der Waals surface area contributed by atoms with Gasteiger partial charge in [0.2, 0.25) is 5.16 Å². The van der Waals surface area contributed by atoms with Gasteiger partial charge in [0.1, 0.15) is 23.3 Å². The van der Waals surface area contributed by atoms with Gasteiger partial charge in [-0.2, -0.15) is 5.10 Å². The third kappa shape index (κ3) is 3.80. The quantitative estimate of drug-likeness (QED) is 0.504. The molecule has 3 aromatic rings. The van der Waals surface area contributed by atoms with E-state index in [1.807, 2.05) is 32.9 Å². The lowest BCUT2D eigenvalue weighted by Crippen LogP contribution is -2.29. The average molecular weight is 414 g/mol. The van der Waals surface area contributed by atoms with Crippen LogP contribution in [-0.4, -0.2) is 37.3 Å². The minimum atomic E-state index is -0.320. The van der Waals surface area contributed by atoms with E-state index in [1.54, 1.807) is 24.7 Å². The number of carbonyl (C=O) groups is 1. The van der Waals surface area contributed by atoms with Gasteiger partial charge < -0.3 is 14.7 Å². The smallest absolute Gasteiger partial charge is 0.253 e. The van der Waals surface area contributed by atoms with E-state index in [9.17, 15) is 4.79 Å². The number of thioether (sulfide) groups is 1. The lowest BCUT2D eigenvalue weighted by molar-refractivity contribution is -0.130. The predicted molar refractivity (Wildman–Crippen MR) is 108 cm³/mol. The van der Waals surface area contributed by atoms with Crippen LogP contribution in [0, 0.1) is 0 Å². The second-order valence-electron chi connectivity index (χ2n) is 7.71. The molecule has 152 valence electrons. The molecule has 9 nitrogen and oxygen atoms in total. The molecule has 0 aromatic carbocycles. The van der Waals surface area contributed by atoms with Crippen molar-refractivity contribution < 1.29 is 13.6 Å². The highest BCUT2D eigenvalue weighted by atomic mass is 32.2. The summed E-state index contributed by atoms with van der Waals surface area (Å²) in [5.74, 6) is 8.01. The molecular weight excluding hydrogens is 392 g/mol. The summed E-state index contributed by atoms with van der Waals surface area (Å²) >= 11 is 1.23. The highest BCUT2D eigenvalue weighted by Gasteiger charge is 2.36. The molecule has 1 aliphatic rings. The number of hydrogen-bond acceptors (Lipinski definition) is 8. The van der Waals surface area contributed by atoms with Crippen LogP contribution >= 0.6 is 11.8 Å². The molecule has 1 amide bonds. The molecule has 4 rings (SSSR count). The Morgan fingerprint density at radius 2 is 2.00 bits per heavy atom. The van der Waals surface area contributed by atoms with Gasteiger partial charge in [-0.3, -0.25) is 4.79 Å². The van der Waals surface area contributed by atoms with Crippen LogP contribution in [0.1, 0.15) is 50.6 Å². The van der Waals surface area contributed by atoms with E-state index in [2.05, 4.69) is 15.3 Å². The van der Waals surface area contributed by atoms with Crippen LogP contribution in [0.3, 0.4) is 0 Å². The zero-order chi connectivity index (χ0) is 20.6. The van der Waals surface area contributed by atoms with Crippen LogP contribution in [0.4, 0.5) is 0 Å². The Balaban J connectivity index is 1.52. The standard InChI is InChI=1S/C19H22N6O3S/c1-19(2,3)17-21-22-18(24(17)20)29-11-16(26)25-13(15-7-5-9-28-15)10-12(23-25)14-6-4-8-27-14/h4-9,13H,10-11,20H2,1-3H3. The van der Waals surface area contributed by atoms with E-state index in [1.165, 1.54) is 21.4 Å². The van der Waals surface area contributed by atoms with Gasteiger partial charge in [0.25, 0.3) is 5.91 Å². The van der Waals surface area contributed by atoms with Crippen molar-refractivity contribution >= 4 is 23.4 Å². The molecule has 1 aliphatic heterocycles. The van der Waals surface area contributed by atoms with E-state index >= 15 is 0 Å². The first kappa shape index (κ1) is 19.3. The third-order valence-electron chi connectivity index (χ3n) is 4.50. The first-order valence-corrected chi connectivity index (χ1v) is 10.1. The normalized spacial score (nSPS) is 17.0. The van der Waals surface area contributed by atoms with E-state index in [4.69, 9.17) is 14.7 Å². The second-order valence-corrected chi connectivity index (χ2v) is 8.66. The van der Waals surface area contributed by atoms with Crippen molar-refractivity contribution in [3.8, 4) is 0 Å². The second kappa shape index (κ2) is 7.43. The number of furan rings is 2. The molecule has 4 heterocycles. The molecule has 0 bridgehead atoms. The third-order valence-corrected chi connectivity index (χ3v) is 5.43. The van der Waals surface area contributed by atoms with Crippen molar-refractivity contribution in [3.05, 3.63) is 54.1 Å².